The summed E-state index contributed by atoms with van der Waals surface area (Å²) in [6.07, 6.45) is 6.02. The molecule has 1 aliphatic rings. The van der Waals surface area contributed by atoms with Gasteiger partial charge in [0.1, 0.15) is 0 Å². The molecule has 0 aliphatic carbocycles. The number of rotatable bonds is 0. The number of hydrogen-bond donors (Lipinski definition) is 1. The van der Waals surface area contributed by atoms with Gasteiger partial charge in [0.15, 0.2) is 0 Å². The molecule has 1 fully saturated rings. The predicted octanol–water partition coefficient (Wildman–Crippen LogP) is 2.99. The van der Waals surface area contributed by atoms with Crippen LogP contribution in [0.5, 0.6) is 0 Å². The molecule has 1 saturated heterocycles. The third-order valence-corrected chi connectivity index (χ3v) is 2.72. The van der Waals surface area contributed by atoms with Crippen molar-refractivity contribution in [2.24, 2.45) is 0 Å². The highest BCUT2D eigenvalue weighted by molar-refractivity contribution is 5.77. The number of nitrogens with zero attached hydrogens (tertiary/aromatic N) is 1. The van der Waals surface area contributed by atoms with E-state index in [0.717, 1.165) is 5.52 Å². The van der Waals surface area contributed by atoms with E-state index in [9.17, 15) is 0 Å². The summed E-state index contributed by atoms with van der Waals surface area (Å²) < 4.78 is 0. The van der Waals surface area contributed by atoms with Gasteiger partial charge in [0.2, 0.25) is 0 Å². The summed E-state index contributed by atoms with van der Waals surface area (Å²) in [5, 5.41) is 4.48. The normalized spacial score (nSPS) is 15.2. The zero-order chi connectivity index (χ0) is 11.1. The maximum atomic E-state index is 4.18. The minimum atomic E-state index is 1.06. The van der Waals surface area contributed by atoms with E-state index >= 15 is 0 Å². The van der Waals surface area contributed by atoms with E-state index in [2.05, 4.69) is 22.4 Å². The number of piperidine rings is 1. The van der Waals surface area contributed by atoms with Crippen molar-refractivity contribution in [1.29, 1.82) is 0 Å². The van der Waals surface area contributed by atoms with Crippen LogP contribution in [0.4, 0.5) is 0 Å². The van der Waals surface area contributed by atoms with Crippen molar-refractivity contribution < 1.29 is 0 Å². The van der Waals surface area contributed by atoms with E-state index in [1.807, 2.05) is 30.5 Å². The summed E-state index contributed by atoms with van der Waals surface area (Å²) >= 11 is 0. The molecule has 1 aliphatic heterocycles. The second kappa shape index (κ2) is 6.23. The smallest absolute Gasteiger partial charge is 0.0701 e. The molecule has 2 heteroatoms. The maximum absolute atomic E-state index is 4.18. The van der Waals surface area contributed by atoms with E-state index in [-0.39, 0.29) is 0 Å². The van der Waals surface area contributed by atoms with Crippen molar-refractivity contribution in [1.82, 2.24) is 10.3 Å². The van der Waals surface area contributed by atoms with Crippen LogP contribution in [0, 0.1) is 0 Å². The molecular formula is C14H18N2. The first-order chi connectivity index (χ1) is 7.97. The van der Waals surface area contributed by atoms with Crippen molar-refractivity contribution in [2.75, 3.05) is 13.1 Å². The average molecular weight is 214 g/mol. The standard InChI is InChI=1S/C9H7N.C5H11N/c1-2-6-9-8(4-1)5-3-7-10-9;1-2-4-6-5-3-1/h1-7H;6H,1-5H2. The number of pyridine rings is 1. The lowest BCUT2D eigenvalue weighted by molar-refractivity contribution is 0.520. The molecule has 1 N–H and O–H groups in total. The topological polar surface area (TPSA) is 24.9 Å². The van der Waals surface area contributed by atoms with Crippen LogP contribution >= 0.6 is 0 Å². The molecule has 0 unspecified atom stereocenters. The van der Waals surface area contributed by atoms with Crippen molar-refractivity contribution >= 4 is 10.9 Å². The zero-order valence-corrected chi connectivity index (χ0v) is 9.52. The third-order valence-electron chi connectivity index (χ3n) is 2.72. The minimum absolute atomic E-state index is 1.06. The molecule has 0 amide bonds. The summed E-state index contributed by atoms with van der Waals surface area (Å²) in [6.45, 7) is 2.50. The fourth-order valence-electron chi connectivity index (χ4n) is 1.82. The highest BCUT2D eigenvalue weighted by Gasteiger charge is 1.93. The second-order valence-corrected chi connectivity index (χ2v) is 4.01. The zero-order valence-electron chi connectivity index (χ0n) is 9.52. The van der Waals surface area contributed by atoms with Crippen LogP contribution in [0.15, 0.2) is 42.6 Å². The highest BCUT2D eigenvalue weighted by Crippen LogP contribution is 2.07. The monoisotopic (exact) mass is 214 g/mol. The number of fused-ring (bicyclic) bond motifs is 1. The summed E-state index contributed by atoms with van der Waals surface area (Å²) in [7, 11) is 0. The number of aromatic nitrogens is 1. The average Bonchev–Trinajstić information content (AvgIpc) is 2.42. The Hall–Kier alpha value is -1.41. The van der Waals surface area contributed by atoms with Crippen molar-refractivity contribution in [3.05, 3.63) is 42.6 Å². The maximum Gasteiger partial charge on any atom is 0.0701 e. The van der Waals surface area contributed by atoms with Gasteiger partial charge in [-0.25, -0.2) is 0 Å². The molecule has 3 rings (SSSR count). The lowest BCUT2D eigenvalue weighted by Crippen LogP contribution is -2.21. The molecule has 0 spiro atoms. The number of nitrogens with one attached hydrogen (secondary N) is 1. The molecule has 0 atom stereocenters. The van der Waals surface area contributed by atoms with Crippen LogP contribution in [0.25, 0.3) is 10.9 Å². The van der Waals surface area contributed by atoms with E-state index < -0.39 is 0 Å². The van der Waals surface area contributed by atoms with Gasteiger partial charge in [0.25, 0.3) is 0 Å². The molecule has 16 heavy (non-hydrogen) atoms. The number of hydrogen-bond acceptors (Lipinski definition) is 2. The molecule has 2 nitrogen and oxygen atoms in total. The fourth-order valence-corrected chi connectivity index (χ4v) is 1.82. The lowest BCUT2D eigenvalue weighted by atomic mass is 10.2. The molecule has 0 saturated carbocycles. The summed E-state index contributed by atoms with van der Waals surface area (Å²) in [5.74, 6) is 0. The quantitative estimate of drug-likeness (QED) is 0.729. The van der Waals surface area contributed by atoms with Gasteiger partial charge in [0, 0.05) is 11.6 Å². The Labute approximate surface area is 96.7 Å². The molecule has 1 aromatic heterocycles. The molecule has 2 heterocycles. The van der Waals surface area contributed by atoms with E-state index in [4.69, 9.17) is 0 Å². The third kappa shape index (κ3) is 3.31. The van der Waals surface area contributed by atoms with Crippen LogP contribution < -0.4 is 5.32 Å². The Morgan fingerprint density at radius 2 is 1.62 bits per heavy atom. The molecule has 2 aromatic rings. The fraction of sp³-hybridized carbons (Fsp3) is 0.357. The largest absolute Gasteiger partial charge is 0.317 e. The second-order valence-electron chi connectivity index (χ2n) is 4.01. The Bertz CT molecular complexity index is 345. The van der Waals surface area contributed by atoms with Gasteiger partial charge >= 0.3 is 0 Å². The van der Waals surface area contributed by atoms with Gasteiger partial charge in [-0.1, -0.05) is 30.7 Å². The van der Waals surface area contributed by atoms with E-state index in [0.29, 0.717) is 0 Å². The van der Waals surface area contributed by atoms with Crippen LogP contribution in [-0.2, 0) is 0 Å². The SMILES string of the molecule is C1CCNCC1.c1ccc2ncccc2c1. The first kappa shape index (κ1) is 11.1. The van der Waals surface area contributed by atoms with Gasteiger partial charge in [-0.2, -0.15) is 0 Å². The van der Waals surface area contributed by atoms with Crippen molar-refractivity contribution in [3.8, 4) is 0 Å². The van der Waals surface area contributed by atoms with Crippen LogP contribution in [-0.4, -0.2) is 18.1 Å². The van der Waals surface area contributed by atoms with Gasteiger partial charge in [0.05, 0.1) is 5.52 Å². The first-order valence-electron chi connectivity index (χ1n) is 5.97. The van der Waals surface area contributed by atoms with Crippen LogP contribution in [0.1, 0.15) is 19.3 Å². The van der Waals surface area contributed by atoms with Gasteiger partial charge < -0.3 is 5.32 Å². The van der Waals surface area contributed by atoms with Gasteiger partial charge in [-0.15, -0.1) is 0 Å². The summed E-state index contributed by atoms with van der Waals surface area (Å²) in [6, 6.07) is 12.1. The highest BCUT2D eigenvalue weighted by atomic mass is 14.9. The minimum Gasteiger partial charge on any atom is -0.317 e. The van der Waals surface area contributed by atoms with E-state index in [1.54, 1.807) is 0 Å². The Morgan fingerprint density at radius 1 is 0.875 bits per heavy atom. The molecular weight excluding hydrogens is 196 g/mol. The Morgan fingerprint density at radius 3 is 2.25 bits per heavy atom. The molecule has 1 aromatic carbocycles. The predicted molar refractivity (Wildman–Crippen MR) is 68.5 cm³/mol. The Balaban J connectivity index is 0.000000138. The summed E-state index contributed by atoms with van der Waals surface area (Å²) in [4.78, 5) is 4.18. The van der Waals surface area contributed by atoms with Gasteiger partial charge in [-0.3, -0.25) is 4.98 Å². The first-order valence-corrected chi connectivity index (χ1v) is 5.97. The molecule has 0 bridgehead atoms. The molecule has 84 valence electrons. The van der Waals surface area contributed by atoms with Crippen molar-refractivity contribution in [3.63, 3.8) is 0 Å². The van der Waals surface area contributed by atoms with Crippen molar-refractivity contribution in [2.45, 2.75) is 19.3 Å². The summed E-state index contributed by atoms with van der Waals surface area (Å²) in [5.41, 5.74) is 1.06. The van der Waals surface area contributed by atoms with Crippen LogP contribution in [0.2, 0.25) is 0 Å². The Kier molecular flexibility index (Phi) is 4.32. The molecule has 0 radical (unpaired) electrons. The number of benzene rings is 1. The van der Waals surface area contributed by atoms with Crippen LogP contribution in [0.3, 0.4) is 0 Å². The van der Waals surface area contributed by atoms with Gasteiger partial charge in [-0.05, 0) is 38.1 Å². The lowest BCUT2D eigenvalue weighted by Gasteiger charge is -2.08. The van der Waals surface area contributed by atoms with E-state index in [1.165, 1.54) is 37.7 Å². The number of para-hydroxylation sites is 1.